The fraction of sp³-hybridized carbons (Fsp3) is 0.389. The van der Waals surface area contributed by atoms with Crippen LogP contribution in [0.2, 0.25) is 0 Å². The van der Waals surface area contributed by atoms with E-state index in [0.717, 1.165) is 17.0 Å². The zero-order valence-electron chi connectivity index (χ0n) is 14.5. The molecule has 0 unspecified atom stereocenters. The first-order chi connectivity index (χ1) is 12.0. The maximum atomic E-state index is 12.1. The maximum Gasteiger partial charge on any atom is 0.305 e. The molecule has 0 aliphatic rings. The first-order valence-corrected chi connectivity index (χ1v) is 8.11. The van der Waals surface area contributed by atoms with Crippen LogP contribution in [-0.4, -0.2) is 40.3 Å². The Balaban J connectivity index is 2.63. The number of carbonyl (C=O) groups excluding carboxylic acids is 2. The van der Waals surface area contributed by atoms with E-state index < -0.39 is 5.91 Å². The number of ether oxygens (including phenoxy) is 1. The lowest BCUT2D eigenvalue weighted by Gasteiger charge is -2.12. The monoisotopic (exact) mass is 345 g/mol. The normalized spacial score (nSPS) is 10.7. The summed E-state index contributed by atoms with van der Waals surface area (Å²) in [7, 11) is 1.34. The fourth-order valence-corrected chi connectivity index (χ4v) is 3.03. The highest BCUT2D eigenvalue weighted by Gasteiger charge is 2.25. The van der Waals surface area contributed by atoms with Crippen LogP contribution >= 0.6 is 0 Å². The van der Waals surface area contributed by atoms with Crippen LogP contribution in [0.15, 0.2) is 24.5 Å². The molecule has 0 spiro atoms. The number of primary amides is 1. The third-order valence-corrected chi connectivity index (χ3v) is 4.16. The van der Waals surface area contributed by atoms with Crippen LogP contribution in [0.4, 0.5) is 0 Å². The Kier molecular flexibility index (Phi) is 6.30. The van der Waals surface area contributed by atoms with Crippen molar-refractivity contribution in [1.82, 2.24) is 9.55 Å². The molecule has 2 rings (SSSR count). The number of methoxy groups -OCH3 is 1. The standard InChI is InChI=1S/C18H23N3O4/c1-12-16(18(19)24)17(13-5-3-8-20-11-13)14(6-7-15(23)25-2)21(12)9-4-10-22/h3,5,8,11,22H,4,6-7,9-10H2,1-2H3,(H2,19,24). The van der Waals surface area contributed by atoms with Gasteiger partial charge in [0.15, 0.2) is 0 Å². The second-order valence-corrected chi connectivity index (χ2v) is 5.69. The molecule has 134 valence electrons. The van der Waals surface area contributed by atoms with Crippen molar-refractivity contribution in [2.45, 2.75) is 32.7 Å². The highest BCUT2D eigenvalue weighted by molar-refractivity contribution is 6.02. The number of esters is 1. The van der Waals surface area contributed by atoms with E-state index in [1.165, 1.54) is 7.11 Å². The molecule has 0 aliphatic carbocycles. The lowest BCUT2D eigenvalue weighted by atomic mass is 9.99. The Morgan fingerprint density at radius 2 is 2.16 bits per heavy atom. The number of nitrogens with two attached hydrogens (primary N) is 1. The Morgan fingerprint density at radius 1 is 1.40 bits per heavy atom. The van der Waals surface area contributed by atoms with Gasteiger partial charge in [-0.1, -0.05) is 6.07 Å². The lowest BCUT2D eigenvalue weighted by molar-refractivity contribution is -0.140. The van der Waals surface area contributed by atoms with Crippen molar-refractivity contribution >= 4 is 11.9 Å². The van der Waals surface area contributed by atoms with Crippen molar-refractivity contribution < 1.29 is 19.4 Å². The zero-order valence-corrected chi connectivity index (χ0v) is 14.5. The van der Waals surface area contributed by atoms with Crippen molar-refractivity contribution in [3.05, 3.63) is 41.5 Å². The van der Waals surface area contributed by atoms with Crippen LogP contribution in [0.3, 0.4) is 0 Å². The molecule has 2 aromatic heterocycles. The third kappa shape index (κ3) is 4.06. The van der Waals surface area contributed by atoms with Gasteiger partial charge in [0.25, 0.3) is 5.91 Å². The summed E-state index contributed by atoms with van der Waals surface area (Å²) >= 11 is 0. The predicted molar refractivity (Wildman–Crippen MR) is 93.0 cm³/mol. The van der Waals surface area contributed by atoms with Gasteiger partial charge in [0, 0.05) is 48.1 Å². The van der Waals surface area contributed by atoms with E-state index in [4.69, 9.17) is 10.5 Å². The molecule has 2 aromatic rings. The molecule has 3 N–H and O–H groups in total. The Bertz CT molecular complexity index is 753. The summed E-state index contributed by atoms with van der Waals surface area (Å²) < 4.78 is 6.68. The lowest BCUT2D eigenvalue weighted by Crippen LogP contribution is -2.13. The summed E-state index contributed by atoms with van der Waals surface area (Å²) in [5.74, 6) is -0.858. The topological polar surface area (TPSA) is 107 Å². The molecule has 2 heterocycles. The van der Waals surface area contributed by atoms with Gasteiger partial charge >= 0.3 is 5.97 Å². The molecule has 0 radical (unpaired) electrons. The highest BCUT2D eigenvalue weighted by Crippen LogP contribution is 2.33. The number of aliphatic hydroxyl groups is 1. The van der Waals surface area contributed by atoms with Crippen LogP contribution in [0.5, 0.6) is 0 Å². The van der Waals surface area contributed by atoms with Crippen molar-refractivity contribution in [1.29, 1.82) is 0 Å². The second kappa shape index (κ2) is 8.43. The van der Waals surface area contributed by atoms with E-state index >= 15 is 0 Å². The van der Waals surface area contributed by atoms with E-state index in [0.29, 0.717) is 30.5 Å². The average Bonchev–Trinajstić information content (AvgIpc) is 2.90. The number of nitrogens with zero attached hydrogens (tertiary/aromatic N) is 2. The van der Waals surface area contributed by atoms with Gasteiger partial charge in [0.1, 0.15) is 0 Å². The highest BCUT2D eigenvalue weighted by atomic mass is 16.5. The maximum absolute atomic E-state index is 12.1. The minimum Gasteiger partial charge on any atom is -0.469 e. The van der Waals surface area contributed by atoms with E-state index in [-0.39, 0.29) is 19.0 Å². The van der Waals surface area contributed by atoms with Crippen molar-refractivity contribution in [3.8, 4) is 11.1 Å². The number of hydrogen-bond acceptors (Lipinski definition) is 5. The summed E-state index contributed by atoms with van der Waals surface area (Å²) in [4.78, 5) is 27.8. The number of rotatable bonds is 8. The third-order valence-electron chi connectivity index (χ3n) is 4.16. The zero-order chi connectivity index (χ0) is 18.4. The number of carbonyl (C=O) groups is 2. The molecule has 25 heavy (non-hydrogen) atoms. The van der Waals surface area contributed by atoms with E-state index in [1.807, 2.05) is 17.6 Å². The van der Waals surface area contributed by atoms with Gasteiger partial charge in [-0.25, -0.2) is 0 Å². The van der Waals surface area contributed by atoms with Crippen LogP contribution in [0.25, 0.3) is 11.1 Å². The first-order valence-electron chi connectivity index (χ1n) is 8.11. The summed E-state index contributed by atoms with van der Waals surface area (Å²) in [6.45, 7) is 2.38. The van der Waals surface area contributed by atoms with Crippen LogP contribution in [0.1, 0.15) is 34.6 Å². The van der Waals surface area contributed by atoms with Gasteiger partial charge < -0.3 is 20.1 Å². The number of aromatic nitrogens is 2. The summed E-state index contributed by atoms with van der Waals surface area (Å²) in [6, 6.07) is 3.64. The number of aliphatic hydroxyl groups excluding tert-OH is 1. The van der Waals surface area contributed by atoms with Gasteiger partial charge in [-0.2, -0.15) is 0 Å². The number of pyridine rings is 1. The number of hydrogen-bond donors (Lipinski definition) is 2. The van der Waals surface area contributed by atoms with E-state index in [9.17, 15) is 14.7 Å². The van der Waals surface area contributed by atoms with Crippen LogP contribution in [-0.2, 0) is 22.5 Å². The van der Waals surface area contributed by atoms with Gasteiger partial charge in [-0.15, -0.1) is 0 Å². The molecule has 0 aromatic carbocycles. The van der Waals surface area contributed by atoms with E-state index in [2.05, 4.69) is 4.98 Å². The van der Waals surface area contributed by atoms with Gasteiger partial charge in [-0.3, -0.25) is 14.6 Å². The largest absolute Gasteiger partial charge is 0.469 e. The summed E-state index contributed by atoms with van der Waals surface area (Å²) in [5.41, 5.74) is 9.05. The minimum absolute atomic E-state index is 0.0300. The Morgan fingerprint density at radius 3 is 2.72 bits per heavy atom. The molecular formula is C18H23N3O4. The Hall–Kier alpha value is -2.67. The molecule has 1 amide bonds. The second-order valence-electron chi connectivity index (χ2n) is 5.69. The van der Waals surface area contributed by atoms with Crippen molar-refractivity contribution in [3.63, 3.8) is 0 Å². The molecular weight excluding hydrogens is 322 g/mol. The first kappa shape index (κ1) is 18.7. The molecule has 0 saturated heterocycles. The summed E-state index contributed by atoms with van der Waals surface area (Å²) in [6.07, 6.45) is 4.43. The number of amides is 1. The minimum atomic E-state index is -0.529. The van der Waals surface area contributed by atoms with Gasteiger partial charge in [0.2, 0.25) is 0 Å². The Labute approximate surface area is 146 Å². The fourth-order valence-electron chi connectivity index (χ4n) is 3.03. The summed E-state index contributed by atoms with van der Waals surface area (Å²) in [5, 5.41) is 9.18. The SMILES string of the molecule is COC(=O)CCc1c(-c2cccnc2)c(C(N)=O)c(C)n1CCCO. The predicted octanol–water partition coefficient (Wildman–Crippen LogP) is 1.45. The smallest absolute Gasteiger partial charge is 0.305 e. The molecule has 0 atom stereocenters. The molecule has 0 fully saturated rings. The molecule has 0 bridgehead atoms. The quantitative estimate of drug-likeness (QED) is 0.704. The molecule has 0 saturated carbocycles. The molecule has 7 nitrogen and oxygen atoms in total. The van der Waals surface area contributed by atoms with Crippen molar-refractivity contribution in [2.24, 2.45) is 5.73 Å². The average molecular weight is 345 g/mol. The van der Waals surface area contributed by atoms with Crippen LogP contribution < -0.4 is 5.73 Å². The van der Waals surface area contributed by atoms with Crippen molar-refractivity contribution in [2.75, 3.05) is 13.7 Å². The van der Waals surface area contributed by atoms with E-state index in [1.54, 1.807) is 18.5 Å². The molecule has 0 aliphatic heterocycles. The van der Waals surface area contributed by atoms with Gasteiger partial charge in [0.05, 0.1) is 19.1 Å². The van der Waals surface area contributed by atoms with Crippen LogP contribution in [0, 0.1) is 6.92 Å². The van der Waals surface area contributed by atoms with Gasteiger partial charge in [-0.05, 0) is 25.8 Å². The molecule has 7 heteroatoms.